The number of ether oxygens (including phenoxy) is 1. The maximum Gasteiger partial charge on any atom is 0.214 e. The Kier molecular flexibility index (Phi) is 6.73. The fourth-order valence-electron chi connectivity index (χ4n) is 2.92. The average Bonchev–Trinajstić information content (AvgIpc) is 2.23. The summed E-state index contributed by atoms with van der Waals surface area (Å²) in [7, 11) is -1.71. The Bertz CT molecular complexity index is 349. The molecule has 0 aromatic rings. The van der Waals surface area contributed by atoms with Crippen molar-refractivity contribution in [2.75, 3.05) is 39.1 Å². The molecule has 0 aromatic carbocycles. The molecule has 1 saturated heterocycles. The monoisotopic (exact) mass is 292 g/mol. The molecule has 0 aliphatic carbocycles. The van der Waals surface area contributed by atoms with Crippen molar-refractivity contribution in [3.63, 3.8) is 0 Å². The molecule has 1 aliphatic rings. The van der Waals surface area contributed by atoms with E-state index in [1.54, 1.807) is 0 Å². The fourth-order valence-corrected chi connectivity index (χ4v) is 4.12. The molecule has 6 heteroatoms. The molecule has 1 fully saturated rings. The van der Waals surface area contributed by atoms with Crippen LogP contribution in [0.25, 0.3) is 0 Å². The number of rotatable bonds is 7. The summed E-state index contributed by atoms with van der Waals surface area (Å²) in [6, 6.07) is -0.0562. The van der Waals surface area contributed by atoms with Gasteiger partial charge in [0.15, 0.2) is 0 Å². The van der Waals surface area contributed by atoms with E-state index in [0.717, 1.165) is 19.6 Å². The maximum absolute atomic E-state index is 11.8. The molecule has 0 saturated carbocycles. The van der Waals surface area contributed by atoms with Crippen LogP contribution in [0.3, 0.4) is 0 Å². The lowest BCUT2D eigenvalue weighted by atomic mass is 9.92. The molecule has 1 aliphatic heterocycles. The second kappa shape index (κ2) is 7.57. The van der Waals surface area contributed by atoms with E-state index >= 15 is 0 Å². The molecule has 0 bridgehead atoms. The lowest BCUT2D eigenvalue weighted by Crippen LogP contribution is -2.47. The lowest BCUT2D eigenvalue weighted by molar-refractivity contribution is 0.134. The highest BCUT2D eigenvalue weighted by molar-refractivity contribution is 7.89. The van der Waals surface area contributed by atoms with Gasteiger partial charge in [-0.1, -0.05) is 13.8 Å². The molecule has 1 rings (SSSR count). The Hall–Kier alpha value is -0.170. The van der Waals surface area contributed by atoms with Gasteiger partial charge in [-0.25, -0.2) is 13.1 Å². The van der Waals surface area contributed by atoms with Crippen LogP contribution in [0.4, 0.5) is 0 Å². The van der Waals surface area contributed by atoms with Crippen molar-refractivity contribution in [3.05, 3.63) is 0 Å². The zero-order valence-electron chi connectivity index (χ0n) is 12.6. The average molecular weight is 292 g/mol. The number of piperidine rings is 1. The van der Waals surface area contributed by atoms with Crippen molar-refractivity contribution in [1.82, 2.24) is 9.62 Å². The van der Waals surface area contributed by atoms with E-state index in [1.165, 1.54) is 13.5 Å². The van der Waals surface area contributed by atoms with Crippen LogP contribution >= 0.6 is 0 Å². The minimum absolute atomic E-state index is 0.0284. The van der Waals surface area contributed by atoms with Crippen molar-refractivity contribution < 1.29 is 13.2 Å². The van der Waals surface area contributed by atoms with Gasteiger partial charge in [0.1, 0.15) is 0 Å². The van der Waals surface area contributed by atoms with Crippen molar-refractivity contribution in [3.8, 4) is 0 Å². The third-order valence-corrected chi connectivity index (χ3v) is 4.88. The first kappa shape index (κ1) is 16.9. The number of methoxy groups -OCH3 is 1. The number of nitrogens with zero attached hydrogens (tertiary/aromatic N) is 1. The summed E-state index contributed by atoms with van der Waals surface area (Å²) in [5.41, 5.74) is 0. The lowest BCUT2D eigenvalue weighted by Gasteiger charge is -2.36. The summed E-state index contributed by atoms with van der Waals surface area (Å²) >= 11 is 0. The second-order valence-electron chi connectivity index (χ2n) is 6.00. The van der Waals surface area contributed by atoms with Crippen molar-refractivity contribution in [2.24, 2.45) is 11.8 Å². The van der Waals surface area contributed by atoms with Crippen LogP contribution in [0.15, 0.2) is 0 Å². The molecule has 114 valence electrons. The molecule has 0 amide bonds. The molecule has 19 heavy (non-hydrogen) atoms. The molecule has 3 unspecified atom stereocenters. The van der Waals surface area contributed by atoms with Gasteiger partial charge in [0, 0.05) is 32.8 Å². The van der Waals surface area contributed by atoms with E-state index in [-0.39, 0.29) is 18.4 Å². The van der Waals surface area contributed by atoms with E-state index < -0.39 is 10.0 Å². The first-order valence-electron chi connectivity index (χ1n) is 7.03. The highest BCUT2D eigenvalue weighted by Gasteiger charge is 2.24. The standard InChI is InChI=1S/C13H28N2O3S/c1-11-7-12(2)9-15(8-11)10-13(3)14-19(16,17)6-5-18-4/h11-14H,5-10H2,1-4H3. The second-order valence-corrected chi connectivity index (χ2v) is 7.87. The van der Waals surface area contributed by atoms with E-state index in [2.05, 4.69) is 23.5 Å². The van der Waals surface area contributed by atoms with Gasteiger partial charge in [0.25, 0.3) is 0 Å². The number of likely N-dealkylation sites (tertiary alicyclic amines) is 1. The summed E-state index contributed by atoms with van der Waals surface area (Å²) in [5, 5.41) is 0. The Morgan fingerprint density at radius 3 is 2.42 bits per heavy atom. The van der Waals surface area contributed by atoms with E-state index in [1.807, 2.05) is 6.92 Å². The third kappa shape index (κ3) is 6.70. The topological polar surface area (TPSA) is 58.6 Å². The predicted molar refractivity (Wildman–Crippen MR) is 77.6 cm³/mol. The third-order valence-electron chi connectivity index (χ3n) is 3.41. The van der Waals surface area contributed by atoms with Crippen LogP contribution in [0, 0.1) is 11.8 Å². The van der Waals surface area contributed by atoms with Gasteiger partial charge >= 0.3 is 0 Å². The highest BCUT2D eigenvalue weighted by atomic mass is 32.2. The maximum atomic E-state index is 11.8. The summed E-state index contributed by atoms with van der Waals surface area (Å²) in [4.78, 5) is 2.36. The predicted octanol–water partition coefficient (Wildman–Crippen LogP) is 0.919. The van der Waals surface area contributed by atoms with Crippen molar-refractivity contribution in [2.45, 2.75) is 33.2 Å². The smallest absolute Gasteiger partial charge is 0.214 e. The Morgan fingerprint density at radius 1 is 1.32 bits per heavy atom. The van der Waals surface area contributed by atoms with Gasteiger partial charge in [0.2, 0.25) is 10.0 Å². The van der Waals surface area contributed by atoms with Gasteiger partial charge in [-0.15, -0.1) is 0 Å². The number of hydrogen-bond donors (Lipinski definition) is 1. The van der Waals surface area contributed by atoms with Gasteiger partial charge in [-0.05, 0) is 25.2 Å². The molecular weight excluding hydrogens is 264 g/mol. The summed E-state index contributed by atoms with van der Waals surface area (Å²) < 4.78 is 31.0. The quantitative estimate of drug-likeness (QED) is 0.758. The zero-order valence-corrected chi connectivity index (χ0v) is 13.4. The van der Waals surface area contributed by atoms with Crippen molar-refractivity contribution >= 4 is 10.0 Å². The van der Waals surface area contributed by atoms with Crippen LogP contribution in [-0.2, 0) is 14.8 Å². The molecule has 5 nitrogen and oxygen atoms in total. The van der Waals surface area contributed by atoms with Crippen LogP contribution in [-0.4, -0.2) is 58.5 Å². The van der Waals surface area contributed by atoms with Crippen LogP contribution in [0.2, 0.25) is 0 Å². The van der Waals surface area contributed by atoms with Crippen LogP contribution in [0.1, 0.15) is 27.2 Å². The van der Waals surface area contributed by atoms with Gasteiger partial charge in [-0.3, -0.25) is 0 Å². The van der Waals surface area contributed by atoms with E-state index in [9.17, 15) is 8.42 Å². The molecule has 1 heterocycles. The van der Waals surface area contributed by atoms with E-state index in [4.69, 9.17) is 4.74 Å². The summed E-state index contributed by atoms with van der Waals surface area (Å²) in [6.07, 6.45) is 1.27. The van der Waals surface area contributed by atoms with Crippen molar-refractivity contribution in [1.29, 1.82) is 0 Å². The SMILES string of the molecule is COCCS(=O)(=O)NC(C)CN1CC(C)CC(C)C1. The molecule has 0 spiro atoms. The Morgan fingerprint density at radius 2 is 1.89 bits per heavy atom. The van der Waals surface area contributed by atoms with E-state index in [0.29, 0.717) is 11.8 Å². The normalized spacial score (nSPS) is 27.4. The molecule has 0 aromatic heterocycles. The molecule has 0 radical (unpaired) electrons. The number of nitrogens with one attached hydrogen (secondary N) is 1. The fraction of sp³-hybridized carbons (Fsp3) is 1.00. The Labute approximate surface area is 117 Å². The Balaban J connectivity index is 2.40. The first-order chi connectivity index (χ1) is 8.82. The molecule has 3 atom stereocenters. The highest BCUT2D eigenvalue weighted by Crippen LogP contribution is 2.20. The zero-order chi connectivity index (χ0) is 14.5. The number of sulfonamides is 1. The minimum atomic E-state index is -3.22. The first-order valence-corrected chi connectivity index (χ1v) is 8.69. The van der Waals surface area contributed by atoms with Gasteiger partial charge in [-0.2, -0.15) is 0 Å². The molecule has 1 N–H and O–H groups in total. The van der Waals surface area contributed by atoms with Gasteiger partial charge < -0.3 is 9.64 Å². The van der Waals surface area contributed by atoms with Gasteiger partial charge in [0.05, 0.1) is 12.4 Å². The van der Waals surface area contributed by atoms with Crippen LogP contribution < -0.4 is 4.72 Å². The molecular formula is C13H28N2O3S. The summed E-state index contributed by atoms with van der Waals surface area (Å²) in [5.74, 6) is 1.42. The largest absolute Gasteiger partial charge is 0.384 e. The number of hydrogen-bond acceptors (Lipinski definition) is 4. The minimum Gasteiger partial charge on any atom is -0.384 e. The summed E-state index contributed by atoms with van der Waals surface area (Å²) in [6.45, 7) is 9.59. The van der Waals surface area contributed by atoms with Crippen LogP contribution in [0.5, 0.6) is 0 Å².